The molecular weight excluding hydrogens is 104 g/mol. The first kappa shape index (κ1) is 7.59. The standard InChI is InChI=1S/C5H11N2O/c1-2-7-3-5(6)4-8/h5,7H,2-3,6H2,1H3. The molecule has 0 amide bonds. The molecule has 3 nitrogen and oxygen atoms in total. The molecule has 0 spiro atoms. The molecule has 0 saturated carbocycles. The first-order valence-corrected chi connectivity index (χ1v) is 2.65. The summed E-state index contributed by atoms with van der Waals surface area (Å²) < 4.78 is 0. The highest BCUT2D eigenvalue weighted by Crippen LogP contribution is 1.64. The summed E-state index contributed by atoms with van der Waals surface area (Å²) in [5.41, 5.74) is 5.17. The first-order valence-electron chi connectivity index (χ1n) is 2.65. The Morgan fingerprint density at radius 2 is 2.50 bits per heavy atom. The Hall–Kier alpha value is -0.410. The highest BCUT2D eigenvalue weighted by Gasteiger charge is 1.96. The summed E-state index contributed by atoms with van der Waals surface area (Å²) in [4.78, 5) is 9.72. The van der Waals surface area contributed by atoms with Crippen LogP contribution in [0.5, 0.6) is 0 Å². The Morgan fingerprint density at radius 3 is 2.88 bits per heavy atom. The lowest BCUT2D eigenvalue weighted by Gasteiger charge is -2.00. The van der Waals surface area contributed by atoms with Crippen molar-refractivity contribution in [2.45, 2.75) is 13.0 Å². The summed E-state index contributed by atoms with van der Waals surface area (Å²) in [6, 6.07) is -0.463. The smallest absolute Gasteiger partial charge is 0.218 e. The van der Waals surface area contributed by atoms with E-state index < -0.39 is 6.04 Å². The van der Waals surface area contributed by atoms with E-state index in [0.29, 0.717) is 6.54 Å². The van der Waals surface area contributed by atoms with Gasteiger partial charge in [-0.3, -0.25) is 4.79 Å². The molecule has 0 aliphatic rings. The molecule has 0 fully saturated rings. The van der Waals surface area contributed by atoms with Gasteiger partial charge < -0.3 is 11.1 Å². The van der Waals surface area contributed by atoms with Crippen molar-refractivity contribution in [2.24, 2.45) is 5.73 Å². The zero-order valence-electron chi connectivity index (χ0n) is 4.98. The van der Waals surface area contributed by atoms with Crippen LogP contribution < -0.4 is 11.1 Å². The van der Waals surface area contributed by atoms with Crippen molar-refractivity contribution in [1.29, 1.82) is 0 Å². The molecule has 1 radical (unpaired) electrons. The van der Waals surface area contributed by atoms with E-state index in [9.17, 15) is 4.79 Å². The Bertz CT molecular complexity index is 65.4. The number of hydrogen-bond acceptors (Lipinski definition) is 3. The van der Waals surface area contributed by atoms with Gasteiger partial charge in [0, 0.05) is 6.54 Å². The van der Waals surface area contributed by atoms with Gasteiger partial charge in [0.05, 0.1) is 6.04 Å². The minimum absolute atomic E-state index is 0.463. The fraction of sp³-hybridized carbons (Fsp3) is 0.800. The highest BCUT2D eigenvalue weighted by atomic mass is 16.1. The van der Waals surface area contributed by atoms with Crippen molar-refractivity contribution in [1.82, 2.24) is 5.32 Å². The van der Waals surface area contributed by atoms with E-state index in [1.807, 2.05) is 6.92 Å². The summed E-state index contributed by atoms with van der Waals surface area (Å²) >= 11 is 0. The van der Waals surface area contributed by atoms with E-state index >= 15 is 0 Å². The third-order valence-corrected chi connectivity index (χ3v) is 0.766. The molecule has 47 valence electrons. The topological polar surface area (TPSA) is 55.1 Å². The summed E-state index contributed by atoms with van der Waals surface area (Å²) in [6.45, 7) is 3.33. The largest absolute Gasteiger partial charge is 0.320 e. The molecule has 0 aromatic rings. The highest BCUT2D eigenvalue weighted by molar-refractivity contribution is 5.58. The zero-order chi connectivity index (χ0) is 6.41. The molecule has 0 heterocycles. The van der Waals surface area contributed by atoms with Crippen molar-refractivity contribution in [3.05, 3.63) is 0 Å². The van der Waals surface area contributed by atoms with Gasteiger partial charge in [-0.2, -0.15) is 0 Å². The number of nitrogens with one attached hydrogen (secondary N) is 1. The SMILES string of the molecule is CCNCC(N)[C]=O. The molecular formula is C5H11N2O. The predicted octanol–water partition coefficient (Wildman–Crippen LogP) is -0.967. The molecule has 0 rings (SSSR count). The Labute approximate surface area is 49.3 Å². The van der Waals surface area contributed by atoms with Crippen molar-refractivity contribution in [2.75, 3.05) is 13.1 Å². The second-order valence-electron chi connectivity index (χ2n) is 1.53. The van der Waals surface area contributed by atoms with E-state index in [2.05, 4.69) is 5.32 Å². The van der Waals surface area contributed by atoms with Gasteiger partial charge in [-0.15, -0.1) is 0 Å². The lowest BCUT2D eigenvalue weighted by atomic mass is 10.3. The number of hydrogen-bond donors (Lipinski definition) is 2. The molecule has 0 aromatic carbocycles. The number of likely N-dealkylation sites (N-methyl/N-ethyl adjacent to an activating group) is 1. The molecule has 3 N–H and O–H groups in total. The minimum Gasteiger partial charge on any atom is -0.320 e. The Morgan fingerprint density at radius 1 is 1.88 bits per heavy atom. The molecule has 1 atom stereocenters. The third kappa shape index (κ3) is 3.77. The van der Waals surface area contributed by atoms with Crippen LogP contribution >= 0.6 is 0 Å². The molecule has 0 aromatic heterocycles. The Kier molecular flexibility index (Phi) is 4.50. The van der Waals surface area contributed by atoms with E-state index in [0.717, 1.165) is 6.54 Å². The van der Waals surface area contributed by atoms with Gasteiger partial charge in [0.1, 0.15) is 0 Å². The normalized spacial score (nSPS) is 13.2. The summed E-state index contributed by atoms with van der Waals surface area (Å²) in [5, 5.41) is 2.91. The zero-order valence-corrected chi connectivity index (χ0v) is 4.98. The van der Waals surface area contributed by atoms with Crippen molar-refractivity contribution in [3.63, 3.8) is 0 Å². The van der Waals surface area contributed by atoms with E-state index in [-0.39, 0.29) is 0 Å². The van der Waals surface area contributed by atoms with Gasteiger partial charge in [0.2, 0.25) is 6.29 Å². The van der Waals surface area contributed by atoms with E-state index in [1.165, 1.54) is 0 Å². The van der Waals surface area contributed by atoms with Gasteiger partial charge >= 0.3 is 0 Å². The van der Waals surface area contributed by atoms with Crippen LogP contribution in [0.2, 0.25) is 0 Å². The predicted molar refractivity (Wildman–Crippen MR) is 32.2 cm³/mol. The fourth-order valence-corrected chi connectivity index (χ4v) is 0.342. The summed E-state index contributed by atoms with van der Waals surface area (Å²) in [5.74, 6) is 0. The third-order valence-electron chi connectivity index (χ3n) is 0.766. The average Bonchev–Trinajstić information content (AvgIpc) is 1.83. The van der Waals surface area contributed by atoms with Gasteiger partial charge in [-0.25, -0.2) is 0 Å². The van der Waals surface area contributed by atoms with Crippen LogP contribution in [0.25, 0.3) is 0 Å². The van der Waals surface area contributed by atoms with Crippen LogP contribution in [-0.4, -0.2) is 25.4 Å². The quantitative estimate of drug-likeness (QED) is 0.496. The van der Waals surface area contributed by atoms with Crippen LogP contribution in [0.15, 0.2) is 0 Å². The number of carbonyl (C=O) groups excluding carboxylic acids is 1. The van der Waals surface area contributed by atoms with Crippen LogP contribution in [-0.2, 0) is 4.79 Å². The number of nitrogens with two attached hydrogens (primary N) is 1. The lowest BCUT2D eigenvalue weighted by Crippen LogP contribution is -2.34. The van der Waals surface area contributed by atoms with Crippen LogP contribution in [0, 0.1) is 0 Å². The van der Waals surface area contributed by atoms with Gasteiger partial charge in [-0.1, -0.05) is 6.92 Å². The van der Waals surface area contributed by atoms with Gasteiger partial charge in [0.25, 0.3) is 0 Å². The van der Waals surface area contributed by atoms with Crippen LogP contribution in [0.4, 0.5) is 0 Å². The maximum absolute atomic E-state index is 9.72. The van der Waals surface area contributed by atoms with E-state index in [1.54, 1.807) is 6.29 Å². The van der Waals surface area contributed by atoms with Crippen molar-refractivity contribution in [3.8, 4) is 0 Å². The molecule has 1 unspecified atom stereocenters. The van der Waals surface area contributed by atoms with Crippen molar-refractivity contribution < 1.29 is 4.79 Å². The van der Waals surface area contributed by atoms with Crippen LogP contribution in [0.3, 0.4) is 0 Å². The molecule has 0 aliphatic carbocycles. The second-order valence-corrected chi connectivity index (χ2v) is 1.53. The molecule has 3 heteroatoms. The maximum Gasteiger partial charge on any atom is 0.218 e. The molecule has 8 heavy (non-hydrogen) atoms. The van der Waals surface area contributed by atoms with Gasteiger partial charge in [-0.05, 0) is 6.54 Å². The summed E-state index contributed by atoms with van der Waals surface area (Å²) in [7, 11) is 0. The summed E-state index contributed by atoms with van der Waals surface area (Å²) in [6.07, 6.45) is 1.66. The minimum atomic E-state index is -0.463. The van der Waals surface area contributed by atoms with Crippen LogP contribution in [0.1, 0.15) is 6.92 Å². The van der Waals surface area contributed by atoms with Gasteiger partial charge in [0.15, 0.2) is 0 Å². The second kappa shape index (κ2) is 4.74. The number of rotatable bonds is 4. The average molecular weight is 115 g/mol. The monoisotopic (exact) mass is 115 g/mol. The molecule has 0 bridgehead atoms. The first-order chi connectivity index (χ1) is 3.81. The van der Waals surface area contributed by atoms with Crippen molar-refractivity contribution >= 4 is 6.29 Å². The lowest BCUT2D eigenvalue weighted by molar-refractivity contribution is 0.534. The van der Waals surface area contributed by atoms with E-state index in [4.69, 9.17) is 5.73 Å². The maximum atomic E-state index is 9.72. The fourth-order valence-electron chi connectivity index (χ4n) is 0.342. The molecule has 0 saturated heterocycles. The molecule has 0 aliphatic heterocycles. The Balaban J connectivity index is 2.98.